The first-order valence-corrected chi connectivity index (χ1v) is 10.9. The van der Waals surface area contributed by atoms with Gasteiger partial charge < -0.3 is 5.11 Å². The van der Waals surface area contributed by atoms with Crippen molar-refractivity contribution in [2.75, 3.05) is 6.26 Å². The summed E-state index contributed by atoms with van der Waals surface area (Å²) in [6.07, 6.45) is 4.03. The highest BCUT2D eigenvalue weighted by Crippen LogP contribution is 2.20. The predicted octanol–water partition coefficient (Wildman–Crippen LogP) is 2.19. The highest BCUT2D eigenvalue weighted by molar-refractivity contribution is 7.90. The molecule has 0 aliphatic heterocycles. The van der Waals surface area contributed by atoms with Gasteiger partial charge in [-0.1, -0.05) is 12.1 Å². The van der Waals surface area contributed by atoms with E-state index in [0.29, 0.717) is 17.1 Å². The van der Waals surface area contributed by atoms with Crippen molar-refractivity contribution in [2.24, 2.45) is 0 Å². The minimum atomic E-state index is -3.41. The van der Waals surface area contributed by atoms with Gasteiger partial charge in [0.15, 0.2) is 15.5 Å². The third kappa shape index (κ3) is 4.01. The van der Waals surface area contributed by atoms with Gasteiger partial charge >= 0.3 is 5.97 Å². The van der Waals surface area contributed by atoms with E-state index < -0.39 is 15.8 Å². The molecule has 1 N–H and O–H groups in total. The average molecular weight is 436 g/mol. The second-order valence-electron chi connectivity index (χ2n) is 6.73. The van der Waals surface area contributed by atoms with Gasteiger partial charge in [0.05, 0.1) is 33.7 Å². The third-order valence-corrected chi connectivity index (χ3v) is 5.65. The molecule has 4 rings (SSSR count). The summed E-state index contributed by atoms with van der Waals surface area (Å²) < 4.78 is 26.6. The van der Waals surface area contributed by atoms with Crippen LogP contribution in [-0.4, -0.2) is 45.3 Å². The molecule has 4 aromatic rings. The average Bonchev–Trinajstić information content (AvgIpc) is 3.23. The number of carboxylic acid groups (broad SMARTS) is 1. The van der Waals surface area contributed by atoms with Crippen molar-refractivity contribution in [3.8, 4) is 22.8 Å². The summed E-state index contributed by atoms with van der Waals surface area (Å²) in [4.78, 5) is 24.0. The lowest BCUT2D eigenvalue weighted by molar-refractivity contribution is 0.0697. The molecule has 0 amide bonds. The lowest BCUT2D eigenvalue weighted by atomic mass is 10.2. The second kappa shape index (κ2) is 7.65. The van der Waals surface area contributed by atoms with E-state index in [1.165, 1.54) is 52.1 Å². The molecule has 9 nitrogen and oxygen atoms in total. The van der Waals surface area contributed by atoms with E-state index in [1.807, 2.05) is 0 Å². The zero-order valence-corrected chi connectivity index (χ0v) is 17.0. The Labute approximate surface area is 176 Å². The zero-order chi connectivity index (χ0) is 22.2. The molecule has 0 fully saturated rings. The molecular formula is C21H16N4O5S. The number of aromatic carboxylic acids is 1. The maximum Gasteiger partial charge on any atom is 0.335 e. The lowest BCUT2D eigenvalue weighted by Gasteiger charge is -2.11. The van der Waals surface area contributed by atoms with Crippen molar-refractivity contribution in [3.63, 3.8) is 0 Å². The van der Waals surface area contributed by atoms with E-state index in [2.05, 4.69) is 10.2 Å². The molecule has 31 heavy (non-hydrogen) atoms. The largest absolute Gasteiger partial charge is 0.478 e. The smallest absolute Gasteiger partial charge is 0.335 e. The first kappa shape index (κ1) is 20.2. The minimum Gasteiger partial charge on any atom is -0.478 e. The van der Waals surface area contributed by atoms with Crippen LogP contribution in [0.5, 0.6) is 0 Å². The normalized spacial score (nSPS) is 11.4. The number of hydrogen-bond donors (Lipinski definition) is 1. The van der Waals surface area contributed by atoms with Crippen LogP contribution in [-0.2, 0) is 9.84 Å². The quantitative estimate of drug-likeness (QED) is 0.508. The topological polar surface area (TPSA) is 124 Å². The number of rotatable bonds is 5. The number of carboxylic acids is 1. The van der Waals surface area contributed by atoms with E-state index in [9.17, 15) is 23.1 Å². The molecule has 0 saturated heterocycles. The SMILES string of the molecule is CS(=O)(=O)c1cccc(-n2ccc(=O)c(-c3ccnn3-c3cccc(C(=O)O)c3)n2)c1. The van der Waals surface area contributed by atoms with E-state index >= 15 is 0 Å². The Hall–Kier alpha value is -4.05. The summed E-state index contributed by atoms with van der Waals surface area (Å²) in [5.41, 5.74) is 1.06. The van der Waals surface area contributed by atoms with Gasteiger partial charge in [-0.2, -0.15) is 10.2 Å². The maximum absolute atomic E-state index is 12.6. The summed E-state index contributed by atoms with van der Waals surface area (Å²) in [6, 6.07) is 15.3. The van der Waals surface area contributed by atoms with Gasteiger partial charge in [0, 0.05) is 18.5 Å². The number of hydrogen-bond acceptors (Lipinski definition) is 6. The molecule has 10 heteroatoms. The van der Waals surface area contributed by atoms with Crippen LogP contribution >= 0.6 is 0 Å². The van der Waals surface area contributed by atoms with Crippen molar-refractivity contribution in [3.05, 3.63) is 88.8 Å². The summed E-state index contributed by atoms with van der Waals surface area (Å²) in [7, 11) is -3.41. The number of benzene rings is 2. The molecule has 0 saturated carbocycles. The van der Waals surface area contributed by atoms with E-state index in [1.54, 1.807) is 30.3 Å². The Morgan fingerprint density at radius 2 is 1.74 bits per heavy atom. The Morgan fingerprint density at radius 3 is 2.48 bits per heavy atom. The predicted molar refractivity (Wildman–Crippen MR) is 112 cm³/mol. The molecule has 2 aromatic carbocycles. The number of nitrogens with zero attached hydrogens (tertiary/aromatic N) is 4. The van der Waals surface area contributed by atoms with Crippen molar-refractivity contribution in [2.45, 2.75) is 4.90 Å². The minimum absolute atomic E-state index is 0.0745. The van der Waals surface area contributed by atoms with Crippen LogP contribution in [0.15, 0.2) is 82.7 Å². The van der Waals surface area contributed by atoms with Gasteiger partial charge in [-0.05, 0) is 42.5 Å². The Bertz CT molecular complexity index is 1470. The van der Waals surface area contributed by atoms with E-state index in [4.69, 9.17) is 0 Å². The molecule has 0 spiro atoms. The van der Waals surface area contributed by atoms with Crippen LogP contribution in [0, 0.1) is 0 Å². The summed E-state index contributed by atoms with van der Waals surface area (Å²) in [5, 5.41) is 17.8. The van der Waals surface area contributed by atoms with Crippen molar-refractivity contribution < 1.29 is 18.3 Å². The van der Waals surface area contributed by atoms with Crippen LogP contribution in [0.4, 0.5) is 0 Å². The zero-order valence-electron chi connectivity index (χ0n) is 16.2. The maximum atomic E-state index is 12.6. The molecule has 2 aromatic heterocycles. The lowest BCUT2D eigenvalue weighted by Crippen LogP contribution is -2.15. The second-order valence-corrected chi connectivity index (χ2v) is 8.74. The van der Waals surface area contributed by atoms with Gasteiger partial charge in [0.1, 0.15) is 0 Å². The van der Waals surface area contributed by atoms with Crippen LogP contribution < -0.4 is 5.43 Å². The Morgan fingerprint density at radius 1 is 1.00 bits per heavy atom. The Kier molecular flexibility index (Phi) is 4.99. The number of aromatic nitrogens is 4. The van der Waals surface area contributed by atoms with Crippen molar-refractivity contribution in [1.29, 1.82) is 0 Å². The fourth-order valence-corrected chi connectivity index (χ4v) is 3.71. The molecule has 0 radical (unpaired) electrons. The van der Waals surface area contributed by atoms with E-state index in [0.717, 1.165) is 6.26 Å². The fourth-order valence-electron chi connectivity index (χ4n) is 3.04. The standard InChI is InChI=1S/C21H16N4O5S/c1-31(29,30)17-7-3-5-15(13-17)24-11-9-19(26)20(23-24)18-8-10-22-25(18)16-6-2-4-14(12-16)21(27)28/h2-13H,1H3,(H,27,28). The van der Waals surface area contributed by atoms with Crippen LogP contribution in [0.3, 0.4) is 0 Å². The van der Waals surface area contributed by atoms with Gasteiger partial charge in [0.25, 0.3) is 0 Å². The third-order valence-electron chi connectivity index (χ3n) is 4.54. The molecule has 2 heterocycles. The van der Waals surface area contributed by atoms with Crippen LogP contribution in [0.2, 0.25) is 0 Å². The monoisotopic (exact) mass is 436 g/mol. The molecular weight excluding hydrogens is 420 g/mol. The summed E-state index contributed by atoms with van der Waals surface area (Å²) in [6.45, 7) is 0. The molecule has 0 bridgehead atoms. The summed E-state index contributed by atoms with van der Waals surface area (Å²) >= 11 is 0. The van der Waals surface area contributed by atoms with Gasteiger partial charge in [-0.25, -0.2) is 22.6 Å². The highest BCUT2D eigenvalue weighted by Gasteiger charge is 2.15. The summed E-state index contributed by atoms with van der Waals surface area (Å²) in [5.74, 6) is -1.08. The van der Waals surface area contributed by atoms with Crippen molar-refractivity contribution >= 4 is 15.8 Å². The van der Waals surface area contributed by atoms with Crippen LogP contribution in [0.25, 0.3) is 22.8 Å². The molecule has 0 aliphatic rings. The molecule has 156 valence electrons. The molecule has 0 aliphatic carbocycles. The van der Waals surface area contributed by atoms with Crippen molar-refractivity contribution in [1.82, 2.24) is 19.6 Å². The fraction of sp³-hybridized carbons (Fsp3) is 0.0476. The molecule has 0 unspecified atom stereocenters. The number of carbonyl (C=O) groups is 1. The molecule has 0 atom stereocenters. The highest BCUT2D eigenvalue weighted by atomic mass is 32.2. The Balaban J connectivity index is 1.84. The van der Waals surface area contributed by atoms with Gasteiger partial charge in [0.2, 0.25) is 5.43 Å². The van der Waals surface area contributed by atoms with Crippen LogP contribution in [0.1, 0.15) is 10.4 Å². The van der Waals surface area contributed by atoms with Gasteiger partial charge in [-0.15, -0.1) is 0 Å². The van der Waals surface area contributed by atoms with E-state index in [-0.39, 0.29) is 21.6 Å². The first-order valence-electron chi connectivity index (χ1n) is 9.03. The first-order chi connectivity index (χ1) is 14.7. The van der Waals surface area contributed by atoms with Gasteiger partial charge in [-0.3, -0.25) is 4.79 Å². The number of sulfone groups is 1.